The van der Waals surface area contributed by atoms with Gasteiger partial charge in [-0.1, -0.05) is 5.16 Å². The molecule has 6 nitrogen and oxygen atoms in total. The zero-order chi connectivity index (χ0) is 15.7. The Kier molecular flexibility index (Phi) is 4.02. The van der Waals surface area contributed by atoms with Crippen molar-refractivity contribution in [3.8, 4) is 11.5 Å². The molecule has 0 bridgehead atoms. The number of nitrogens with zero attached hydrogens (tertiary/aromatic N) is 3. The molecule has 0 aliphatic carbocycles. The smallest absolute Gasteiger partial charge is 0.243 e. The van der Waals surface area contributed by atoms with E-state index in [0.717, 1.165) is 31.0 Å². The number of methoxy groups -OCH3 is 2. The minimum absolute atomic E-state index is 0.0995. The number of hydrogen-bond donors (Lipinski definition) is 0. The summed E-state index contributed by atoms with van der Waals surface area (Å²) in [5.41, 5.74) is 2.56. The summed E-state index contributed by atoms with van der Waals surface area (Å²) in [5.74, 6) is 2.90. The summed E-state index contributed by atoms with van der Waals surface area (Å²) < 4.78 is 16.1. The van der Waals surface area contributed by atoms with Crippen molar-refractivity contribution in [3.05, 3.63) is 35.0 Å². The van der Waals surface area contributed by atoms with Crippen molar-refractivity contribution in [2.24, 2.45) is 0 Å². The Bertz CT molecular complexity index is 669. The van der Waals surface area contributed by atoms with Crippen LogP contribution in [0, 0.1) is 6.92 Å². The molecule has 1 aliphatic rings. The molecular formula is C16H21N3O3. The van der Waals surface area contributed by atoms with Gasteiger partial charge in [0.2, 0.25) is 5.89 Å². The molecule has 1 unspecified atom stereocenters. The van der Waals surface area contributed by atoms with Crippen LogP contribution in [0.2, 0.25) is 0 Å². The molecule has 118 valence electrons. The summed E-state index contributed by atoms with van der Waals surface area (Å²) in [5, 5.41) is 3.88. The first-order chi connectivity index (χ1) is 10.6. The molecule has 1 aromatic heterocycles. The molecule has 2 aromatic rings. The van der Waals surface area contributed by atoms with Crippen LogP contribution < -0.4 is 9.47 Å². The van der Waals surface area contributed by atoms with Gasteiger partial charge in [-0.2, -0.15) is 4.98 Å². The molecule has 0 spiro atoms. The summed E-state index contributed by atoms with van der Waals surface area (Å²) in [6, 6.07) is 4.24. The highest BCUT2D eigenvalue weighted by Crippen LogP contribution is 2.35. The molecule has 0 fully saturated rings. The van der Waals surface area contributed by atoms with Crippen LogP contribution in [0.1, 0.15) is 35.8 Å². The van der Waals surface area contributed by atoms with Crippen LogP contribution in [0.4, 0.5) is 0 Å². The van der Waals surface area contributed by atoms with Crippen molar-refractivity contribution in [3.63, 3.8) is 0 Å². The number of benzene rings is 1. The van der Waals surface area contributed by atoms with Crippen molar-refractivity contribution in [1.82, 2.24) is 15.0 Å². The average molecular weight is 303 g/mol. The summed E-state index contributed by atoms with van der Waals surface area (Å²) in [4.78, 5) is 6.67. The lowest BCUT2D eigenvalue weighted by atomic mass is 9.97. The van der Waals surface area contributed by atoms with Gasteiger partial charge in [-0.25, -0.2) is 0 Å². The molecule has 0 saturated heterocycles. The third-order valence-electron chi connectivity index (χ3n) is 4.20. The van der Waals surface area contributed by atoms with Crippen LogP contribution in [0.5, 0.6) is 11.5 Å². The Balaban J connectivity index is 1.84. The van der Waals surface area contributed by atoms with Gasteiger partial charge in [0.05, 0.1) is 20.3 Å². The largest absolute Gasteiger partial charge is 0.493 e. The van der Waals surface area contributed by atoms with E-state index in [1.165, 1.54) is 11.1 Å². The average Bonchev–Trinajstić information content (AvgIpc) is 2.98. The molecule has 1 atom stereocenters. The quantitative estimate of drug-likeness (QED) is 0.865. The van der Waals surface area contributed by atoms with E-state index < -0.39 is 0 Å². The van der Waals surface area contributed by atoms with E-state index >= 15 is 0 Å². The van der Waals surface area contributed by atoms with Crippen LogP contribution in [0.25, 0.3) is 0 Å². The first kappa shape index (κ1) is 14.8. The van der Waals surface area contributed by atoms with Gasteiger partial charge < -0.3 is 14.0 Å². The monoisotopic (exact) mass is 303 g/mol. The second-order valence-electron chi connectivity index (χ2n) is 5.55. The molecule has 2 heterocycles. The number of aromatic nitrogens is 2. The lowest BCUT2D eigenvalue weighted by Crippen LogP contribution is -2.33. The summed E-state index contributed by atoms with van der Waals surface area (Å²) in [7, 11) is 3.33. The zero-order valence-corrected chi connectivity index (χ0v) is 13.4. The van der Waals surface area contributed by atoms with Crippen molar-refractivity contribution >= 4 is 0 Å². The fourth-order valence-corrected chi connectivity index (χ4v) is 2.87. The second-order valence-corrected chi connectivity index (χ2v) is 5.55. The number of ether oxygens (including phenoxy) is 2. The predicted molar refractivity (Wildman–Crippen MR) is 81.1 cm³/mol. The van der Waals surface area contributed by atoms with Gasteiger partial charge in [0.25, 0.3) is 0 Å². The zero-order valence-electron chi connectivity index (χ0n) is 13.4. The van der Waals surface area contributed by atoms with Crippen molar-refractivity contribution < 1.29 is 14.0 Å². The summed E-state index contributed by atoms with van der Waals surface area (Å²) >= 11 is 0. The van der Waals surface area contributed by atoms with Crippen molar-refractivity contribution in [2.75, 3.05) is 20.8 Å². The van der Waals surface area contributed by atoms with Gasteiger partial charge in [-0.05, 0) is 43.5 Å². The van der Waals surface area contributed by atoms with Gasteiger partial charge in [0.1, 0.15) is 0 Å². The highest BCUT2D eigenvalue weighted by molar-refractivity contribution is 5.48. The molecule has 0 N–H and O–H groups in total. The van der Waals surface area contributed by atoms with Crippen molar-refractivity contribution in [2.45, 2.75) is 32.9 Å². The second kappa shape index (κ2) is 5.96. The molecule has 1 aromatic carbocycles. The molecule has 0 saturated carbocycles. The van der Waals surface area contributed by atoms with Gasteiger partial charge >= 0.3 is 0 Å². The third kappa shape index (κ3) is 2.66. The number of fused-ring (bicyclic) bond motifs is 1. The summed E-state index contributed by atoms with van der Waals surface area (Å²) in [6.45, 7) is 5.71. The Hall–Kier alpha value is -2.08. The SMILES string of the molecule is COc1cc2c(cc1OC)CN(C(C)c1nc(C)no1)CC2. The van der Waals surface area contributed by atoms with E-state index in [2.05, 4.69) is 34.1 Å². The molecule has 22 heavy (non-hydrogen) atoms. The van der Waals surface area contributed by atoms with E-state index in [1.807, 2.05) is 6.92 Å². The fraction of sp³-hybridized carbons (Fsp3) is 0.500. The standard InChI is InChI=1S/C16H21N3O3/c1-10(16-17-11(2)18-22-16)19-6-5-12-7-14(20-3)15(21-4)8-13(12)9-19/h7-8,10H,5-6,9H2,1-4H3. The number of hydrogen-bond acceptors (Lipinski definition) is 6. The predicted octanol–water partition coefficient (Wildman–Crippen LogP) is 2.51. The topological polar surface area (TPSA) is 60.6 Å². The Morgan fingerprint density at radius 3 is 2.45 bits per heavy atom. The molecular weight excluding hydrogens is 282 g/mol. The number of aryl methyl sites for hydroxylation is 1. The minimum Gasteiger partial charge on any atom is -0.493 e. The van der Waals surface area contributed by atoms with Crippen LogP contribution in [-0.2, 0) is 13.0 Å². The van der Waals surface area contributed by atoms with Gasteiger partial charge in [0, 0.05) is 13.1 Å². The van der Waals surface area contributed by atoms with Crippen molar-refractivity contribution in [1.29, 1.82) is 0 Å². The first-order valence-corrected chi connectivity index (χ1v) is 7.40. The highest BCUT2D eigenvalue weighted by Gasteiger charge is 2.26. The number of rotatable bonds is 4. The van der Waals surface area contributed by atoms with Crippen LogP contribution in [0.15, 0.2) is 16.7 Å². The molecule has 1 aliphatic heterocycles. The lowest BCUT2D eigenvalue weighted by Gasteiger charge is -2.32. The molecule has 6 heteroatoms. The van der Waals surface area contributed by atoms with E-state index in [-0.39, 0.29) is 6.04 Å². The lowest BCUT2D eigenvalue weighted by molar-refractivity contribution is 0.157. The third-order valence-corrected chi connectivity index (χ3v) is 4.20. The molecule has 0 amide bonds. The maximum absolute atomic E-state index is 5.40. The van der Waals surface area contributed by atoms with Gasteiger partial charge in [-0.3, -0.25) is 4.90 Å². The van der Waals surface area contributed by atoms with Gasteiger partial charge in [0.15, 0.2) is 17.3 Å². The Morgan fingerprint density at radius 2 is 1.86 bits per heavy atom. The van der Waals surface area contributed by atoms with E-state index in [0.29, 0.717) is 11.7 Å². The Morgan fingerprint density at radius 1 is 1.18 bits per heavy atom. The van der Waals surface area contributed by atoms with Gasteiger partial charge in [-0.15, -0.1) is 0 Å². The normalized spacial score (nSPS) is 16.2. The van der Waals surface area contributed by atoms with Crippen LogP contribution >= 0.6 is 0 Å². The Labute approximate surface area is 130 Å². The molecule has 0 radical (unpaired) electrons. The summed E-state index contributed by atoms with van der Waals surface area (Å²) in [6.07, 6.45) is 0.965. The maximum Gasteiger partial charge on any atom is 0.243 e. The van der Waals surface area contributed by atoms with Crippen LogP contribution in [-0.4, -0.2) is 35.8 Å². The fourth-order valence-electron chi connectivity index (χ4n) is 2.87. The minimum atomic E-state index is 0.0995. The molecule has 3 rings (SSSR count). The van der Waals surface area contributed by atoms with E-state index in [9.17, 15) is 0 Å². The van der Waals surface area contributed by atoms with E-state index in [1.54, 1.807) is 14.2 Å². The van der Waals surface area contributed by atoms with E-state index in [4.69, 9.17) is 14.0 Å². The first-order valence-electron chi connectivity index (χ1n) is 7.40. The van der Waals surface area contributed by atoms with Crippen LogP contribution in [0.3, 0.4) is 0 Å². The maximum atomic E-state index is 5.40. The highest BCUT2D eigenvalue weighted by atomic mass is 16.5.